The molecular formula is C24H29FN10O9P2S2+2. The van der Waals surface area contributed by atoms with Gasteiger partial charge in [-0.25, -0.2) is 34.3 Å². The van der Waals surface area contributed by atoms with Gasteiger partial charge in [-0.2, -0.15) is 0 Å². The van der Waals surface area contributed by atoms with Crippen molar-refractivity contribution in [3.63, 3.8) is 0 Å². The zero-order chi connectivity index (χ0) is 33.9. The van der Waals surface area contributed by atoms with Gasteiger partial charge in [-0.1, -0.05) is 12.2 Å². The Balaban J connectivity index is 1.08. The maximum Gasteiger partial charge on any atom is 0.582 e. The number of ether oxygens (including phenoxy) is 2. The van der Waals surface area contributed by atoms with Crippen LogP contribution < -0.4 is 10.6 Å². The van der Waals surface area contributed by atoms with Crippen LogP contribution in [0.25, 0.3) is 22.3 Å². The predicted molar refractivity (Wildman–Crippen MR) is 173 cm³/mol. The van der Waals surface area contributed by atoms with Gasteiger partial charge in [0.15, 0.2) is 64.8 Å². The molecule has 0 aromatic carbocycles. The topological polar surface area (TPSA) is 243 Å². The molecule has 6 heterocycles. The summed E-state index contributed by atoms with van der Waals surface area (Å²) in [5.74, 6) is 0.789. The molecule has 0 bridgehead atoms. The second-order valence-electron chi connectivity index (χ2n) is 10.4. The Kier molecular flexibility index (Phi) is 11.1. The van der Waals surface area contributed by atoms with E-state index in [1.807, 2.05) is 12.2 Å². The second kappa shape index (κ2) is 15.3. The molecule has 4 aromatic heterocycles. The lowest BCUT2D eigenvalue weighted by Gasteiger charge is -2.16. The highest BCUT2D eigenvalue weighted by Crippen LogP contribution is 2.42. The fraction of sp³-hybridized carbons (Fsp3) is 0.500. The smallest absolute Gasteiger partial charge is 0.394 e. The van der Waals surface area contributed by atoms with Gasteiger partial charge in [0.1, 0.15) is 55.5 Å². The molecule has 2 aliphatic rings. The summed E-state index contributed by atoms with van der Waals surface area (Å²) >= 11 is 7.45. The second-order valence-corrected chi connectivity index (χ2v) is 13.7. The number of aliphatic hydroxyl groups is 3. The lowest BCUT2D eigenvalue weighted by molar-refractivity contribution is -0.0481. The van der Waals surface area contributed by atoms with Crippen LogP contribution in [-0.4, -0.2) is 117 Å². The summed E-state index contributed by atoms with van der Waals surface area (Å²) in [4.78, 5) is 25.7. The minimum absolute atomic E-state index is 0.271. The monoisotopic (exact) mass is 746 g/mol. The molecule has 2 saturated heterocycles. The SMILES string of the molecule is O=[P+](S)OC1C(n2cnc3c(NC/C=C/CNc4ncnc5c4ncn5[C@@H]4OC(CO)[C@@H](O[P+](=O)S)[C@H]4F)ncnc32)O[C@H](CO)[C@H]1O. The number of fused-ring (bicyclic) bond motifs is 2. The van der Waals surface area contributed by atoms with E-state index < -0.39 is 76.8 Å². The highest BCUT2D eigenvalue weighted by atomic mass is 32.7. The van der Waals surface area contributed by atoms with Crippen LogP contribution in [0.15, 0.2) is 37.5 Å². The molecule has 4 aromatic rings. The number of nitrogens with zero attached hydrogens (tertiary/aromatic N) is 8. The van der Waals surface area contributed by atoms with Gasteiger partial charge in [-0.3, -0.25) is 9.13 Å². The summed E-state index contributed by atoms with van der Waals surface area (Å²) in [6, 6.07) is 0. The molecule has 256 valence electrons. The van der Waals surface area contributed by atoms with Crippen molar-refractivity contribution in [1.29, 1.82) is 0 Å². The Morgan fingerprint density at radius 3 is 1.83 bits per heavy atom. The van der Waals surface area contributed by atoms with Crippen molar-refractivity contribution >= 4 is 72.9 Å². The summed E-state index contributed by atoms with van der Waals surface area (Å²) in [6.07, 6.45) is -0.692. The first kappa shape index (κ1) is 34.8. The van der Waals surface area contributed by atoms with Crippen LogP contribution in [-0.2, 0) is 27.7 Å². The molecule has 0 aliphatic carbocycles. The number of hydrogen-bond acceptors (Lipinski definition) is 17. The van der Waals surface area contributed by atoms with Crippen LogP contribution in [0.4, 0.5) is 16.0 Å². The van der Waals surface area contributed by atoms with E-state index in [1.54, 1.807) is 0 Å². The third-order valence-electron chi connectivity index (χ3n) is 7.57. The van der Waals surface area contributed by atoms with Crippen LogP contribution in [0.2, 0.25) is 0 Å². The molecule has 5 N–H and O–H groups in total. The van der Waals surface area contributed by atoms with Crippen molar-refractivity contribution in [2.45, 2.75) is 49.1 Å². The zero-order valence-corrected chi connectivity index (χ0v) is 28.0. The maximum absolute atomic E-state index is 15.2. The number of hydrogen-bond donors (Lipinski definition) is 7. The number of rotatable bonds is 14. The van der Waals surface area contributed by atoms with E-state index in [0.29, 0.717) is 41.4 Å². The molecule has 48 heavy (non-hydrogen) atoms. The fourth-order valence-electron chi connectivity index (χ4n) is 5.42. The standard InChI is InChI=1S/C24H27FN10O9P2S2/c25-13-17(43-45(39)47)12(6-37)42-23(13)34-9-32-14-19(28-7-30-21(14)34)26-3-1-2-4-27-20-15-22(31-8-29-20)35(10-33-15)24-18(44-46(40)48)16(38)11(5-36)41-24/h1-2,7-13,16-18,23-24,36-38H,3-6H2,(H2-2,26,27,28,29,30,31,39,40,47,48)/p+2/b2-1+/t11-,12?,13-,16-,17-,18?,23-,24?/m1/s1. The molecule has 0 radical (unpaired) electrons. The number of anilines is 2. The third kappa shape index (κ3) is 7.01. The minimum Gasteiger partial charge on any atom is -0.394 e. The van der Waals surface area contributed by atoms with Gasteiger partial charge in [-0.05, 0) is 9.13 Å². The summed E-state index contributed by atoms with van der Waals surface area (Å²) < 4.78 is 62.9. The van der Waals surface area contributed by atoms with Crippen molar-refractivity contribution < 1.29 is 47.4 Å². The highest BCUT2D eigenvalue weighted by Gasteiger charge is 2.51. The van der Waals surface area contributed by atoms with Gasteiger partial charge < -0.3 is 35.4 Å². The molecule has 0 amide bonds. The average Bonchev–Trinajstić information content (AvgIpc) is 3.83. The molecule has 10 atom stereocenters. The molecule has 24 heteroatoms. The minimum atomic E-state index is -2.43. The number of imidazole rings is 2. The molecule has 5 unspecified atom stereocenters. The summed E-state index contributed by atoms with van der Waals surface area (Å²) in [6.45, 7) is -0.362. The van der Waals surface area contributed by atoms with Gasteiger partial charge in [-0.15, -0.1) is 9.05 Å². The maximum atomic E-state index is 15.2. The van der Waals surface area contributed by atoms with Crippen molar-refractivity contribution in [2.24, 2.45) is 0 Å². The quantitative estimate of drug-likeness (QED) is 0.0549. The Bertz CT molecular complexity index is 1820. The van der Waals surface area contributed by atoms with Crippen LogP contribution in [0.3, 0.4) is 0 Å². The number of aromatic nitrogens is 8. The first-order valence-corrected chi connectivity index (χ1v) is 18.9. The number of aliphatic hydroxyl groups excluding tert-OH is 3. The first-order valence-electron chi connectivity index (χ1n) is 14.2. The lowest BCUT2D eigenvalue weighted by Crippen LogP contribution is -2.34. The van der Waals surface area contributed by atoms with Gasteiger partial charge >= 0.3 is 14.5 Å². The highest BCUT2D eigenvalue weighted by molar-refractivity contribution is 8.39. The number of nitrogens with one attached hydrogen (secondary N) is 2. The van der Waals surface area contributed by atoms with Crippen LogP contribution >= 0.6 is 39.0 Å². The Morgan fingerprint density at radius 2 is 1.31 bits per heavy atom. The Morgan fingerprint density at radius 1 is 0.812 bits per heavy atom. The van der Waals surface area contributed by atoms with E-state index in [9.17, 15) is 24.4 Å². The van der Waals surface area contributed by atoms with E-state index in [0.717, 1.165) is 0 Å². The van der Waals surface area contributed by atoms with Crippen LogP contribution in [0.5, 0.6) is 0 Å². The van der Waals surface area contributed by atoms with Gasteiger partial charge in [0.25, 0.3) is 0 Å². The third-order valence-corrected chi connectivity index (χ3v) is 8.98. The summed E-state index contributed by atoms with van der Waals surface area (Å²) in [7, 11) is -4.81. The first-order chi connectivity index (χ1) is 23.2. The van der Waals surface area contributed by atoms with Crippen molar-refractivity contribution in [2.75, 3.05) is 36.9 Å². The summed E-state index contributed by atoms with van der Waals surface area (Å²) in [5.41, 5.74) is 1.36. The van der Waals surface area contributed by atoms with Gasteiger partial charge in [0.2, 0.25) is 0 Å². The van der Waals surface area contributed by atoms with E-state index in [1.165, 1.54) is 34.4 Å². The normalized spacial score (nSPS) is 28.1. The molecule has 0 spiro atoms. The van der Waals surface area contributed by atoms with E-state index in [-0.39, 0.29) is 5.65 Å². The van der Waals surface area contributed by atoms with E-state index in [4.69, 9.17) is 18.5 Å². The van der Waals surface area contributed by atoms with Crippen LogP contribution in [0, 0.1) is 0 Å². The Hall–Kier alpha value is -3.01. The molecule has 6 rings (SSSR count). The molecule has 19 nitrogen and oxygen atoms in total. The number of halogens is 1. The molecule has 0 saturated carbocycles. The average molecular weight is 747 g/mol. The van der Waals surface area contributed by atoms with Gasteiger partial charge in [0.05, 0.1) is 25.9 Å². The zero-order valence-electron chi connectivity index (χ0n) is 24.4. The molecule has 2 fully saturated rings. The predicted octanol–water partition coefficient (Wildman–Crippen LogP) is 1.47. The summed E-state index contributed by atoms with van der Waals surface area (Å²) in [5, 5.41) is 35.9. The molecular weight excluding hydrogens is 717 g/mol. The fourth-order valence-corrected chi connectivity index (χ4v) is 6.97. The number of alkyl halides is 1. The van der Waals surface area contributed by atoms with E-state index >= 15 is 4.39 Å². The lowest BCUT2D eigenvalue weighted by atomic mass is 10.1. The van der Waals surface area contributed by atoms with E-state index in [2.05, 4.69) is 65.0 Å². The van der Waals surface area contributed by atoms with Gasteiger partial charge in [0, 0.05) is 13.1 Å². The van der Waals surface area contributed by atoms with Crippen molar-refractivity contribution in [3.8, 4) is 0 Å². The largest absolute Gasteiger partial charge is 0.582 e. The molecule has 2 aliphatic heterocycles. The number of thiol groups is 2. The van der Waals surface area contributed by atoms with Crippen molar-refractivity contribution in [1.82, 2.24) is 39.0 Å². The Labute approximate surface area is 282 Å². The van der Waals surface area contributed by atoms with Crippen LogP contribution in [0.1, 0.15) is 12.5 Å². The van der Waals surface area contributed by atoms with Crippen molar-refractivity contribution in [3.05, 3.63) is 37.5 Å².